The molecular formula is C36H54N12O9. The Balaban J connectivity index is 2.26. The summed E-state index contributed by atoms with van der Waals surface area (Å²) in [5.41, 5.74) is 28.7. The van der Waals surface area contributed by atoms with Crippen molar-refractivity contribution in [2.75, 3.05) is 19.7 Å². The second-order valence-electron chi connectivity index (χ2n) is 13.1. The molecule has 0 spiro atoms. The van der Waals surface area contributed by atoms with Gasteiger partial charge in [-0.25, -0.2) is 4.79 Å². The van der Waals surface area contributed by atoms with Crippen LogP contribution in [0.3, 0.4) is 0 Å². The molecule has 57 heavy (non-hydrogen) atoms. The molecule has 21 heteroatoms. The summed E-state index contributed by atoms with van der Waals surface area (Å²) in [6.07, 6.45) is 0.298. The van der Waals surface area contributed by atoms with E-state index in [0.29, 0.717) is 5.56 Å². The number of amides is 5. The van der Waals surface area contributed by atoms with Gasteiger partial charge in [0.25, 0.3) is 0 Å². The van der Waals surface area contributed by atoms with Crippen LogP contribution in [0.15, 0.2) is 64.6 Å². The zero-order valence-corrected chi connectivity index (χ0v) is 31.6. The fraction of sp³-hybridized carbons (Fsp3) is 0.444. The summed E-state index contributed by atoms with van der Waals surface area (Å²) in [7, 11) is 0. The Morgan fingerprint density at radius 3 is 1.63 bits per heavy atom. The van der Waals surface area contributed by atoms with E-state index < -0.39 is 78.4 Å². The molecule has 0 fully saturated rings. The van der Waals surface area contributed by atoms with E-state index in [-0.39, 0.29) is 69.3 Å². The van der Waals surface area contributed by atoms with Crippen LogP contribution in [0.1, 0.15) is 43.7 Å². The molecule has 0 aliphatic carbocycles. The molecule has 0 aromatic heterocycles. The number of carbonyl (C=O) groups excluding carboxylic acids is 5. The second kappa shape index (κ2) is 24.1. The molecule has 6 atom stereocenters. The summed E-state index contributed by atoms with van der Waals surface area (Å²) in [5.74, 6) is -5.98. The van der Waals surface area contributed by atoms with Crippen LogP contribution in [0.4, 0.5) is 0 Å². The van der Waals surface area contributed by atoms with Gasteiger partial charge in [0.2, 0.25) is 29.5 Å². The van der Waals surface area contributed by atoms with Gasteiger partial charge >= 0.3 is 5.97 Å². The number of nitrogens with zero attached hydrogens (tertiary/aromatic N) is 2. The van der Waals surface area contributed by atoms with E-state index in [2.05, 4.69) is 36.6 Å². The maximum Gasteiger partial charge on any atom is 0.326 e. The van der Waals surface area contributed by atoms with Crippen LogP contribution >= 0.6 is 0 Å². The maximum atomic E-state index is 13.8. The van der Waals surface area contributed by atoms with Crippen molar-refractivity contribution in [3.05, 3.63) is 65.7 Å². The van der Waals surface area contributed by atoms with E-state index in [9.17, 15) is 44.1 Å². The third-order valence-corrected chi connectivity index (χ3v) is 8.35. The number of aliphatic imine (C=N–C) groups is 2. The first-order valence-electron chi connectivity index (χ1n) is 18.0. The largest absolute Gasteiger partial charge is 0.508 e. The van der Waals surface area contributed by atoms with Crippen LogP contribution < -0.4 is 55.3 Å². The minimum absolute atomic E-state index is 0.0182. The summed E-state index contributed by atoms with van der Waals surface area (Å²) in [6.45, 7) is 0.655. The standard InChI is InChI=1S/C36H54N12O9/c1-20(29(51)46-26(34(56)57)10-6-16-43-36(40)41)44-32(54)27(18-22-11-13-23(50)14-12-22)47-31(53)25(9-5-15-42-35(38)39)45-33(55)28(19-49)48-30(52)24(37)17-21-7-3-2-4-8-21/h2-4,7-8,11-14,20,24-28,49-50H,5-6,9-10,15-19,37H2,1H3,(H,44,54)(H,45,55)(H,46,51)(H,47,53)(H,48,52)(H,56,57)(H4,38,39,42)(H4,40,41,43). The summed E-state index contributed by atoms with van der Waals surface area (Å²) in [6, 6.07) is 6.70. The van der Waals surface area contributed by atoms with E-state index in [1.165, 1.54) is 31.2 Å². The van der Waals surface area contributed by atoms with Crippen LogP contribution in [-0.2, 0) is 41.6 Å². The van der Waals surface area contributed by atoms with Crippen LogP contribution in [0.5, 0.6) is 5.75 Å². The molecule has 0 radical (unpaired) electrons. The molecule has 2 rings (SSSR count). The minimum Gasteiger partial charge on any atom is -0.508 e. The molecular weight excluding hydrogens is 744 g/mol. The molecule has 5 amide bonds. The predicted molar refractivity (Wildman–Crippen MR) is 210 cm³/mol. The summed E-state index contributed by atoms with van der Waals surface area (Å²) >= 11 is 0. The fourth-order valence-corrected chi connectivity index (χ4v) is 5.26. The smallest absolute Gasteiger partial charge is 0.326 e. The lowest BCUT2D eigenvalue weighted by Crippen LogP contribution is -2.60. The van der Waals surface area contributed by atoms with E-state index in [1.54, 1.807) is 30.3 Å². The van der Waals surface area contributed by atoms with E-state index in [0.717, 1.165) is 5.56 Å². The number of nitrogens with two attached hydrogens (primary N) is 5. The number of phenols is 1. The summed E-state index contributed by atoms with van der Waals surface area (Å²) in [5, 5.41) is 41.7. The monoisotopic (exact) mass is 798 g/mol. The number of aliphatic carboxylic acids is 1. The SMILES string of the molecule is CC(NC(=O)C(Cc1ccc(O)cc1)NC(=O)C(CCCN=C(N)N)NC(=O)C(CO)NC(=O)C(N)Cc1ccccc1)C(=O)NC(CCCN=C(N)N)C(=O)O. The van der Waals surface area contributed by atoms with Crippen molar-refractivity contribution >= 4 is 47.4 Å². The molecule has 312 valence electrons. The van der Waals surface area contributed by atoms with Gasteiger partial charge in [-0.3, -0.25) is 34.0 Å². The number of guanidine groups is 2. The van der Waals surface area contributed by atoms with Gasteiger partial charge in [-0.2, -0.15) is 0 Å². The Morgan fingerprint density at radius 1 is 0.614 bits per heavy atom. The number of carboxylic acid groups (broad SMARTS) is 1. The van der Waals surface area contributed by atoms with Gasteiger partial charge in [0.1, 0.15) is 36.0 Å². The molecule has 0 bridgehead atoms. The lowest BCUT2D eigenvalue weighted by Gasteiger charge is -2.26. The molecule has 18 N–H and O–H groups in total. The fourth-order valence-electron chi connectivity index (χ4n) is 5.26. The molecule has 0 heterocycles. The van der Waals surface area contributed by atoms with Crippen molar-refractivity contribution in [3.8, 4) is 5.75 Å². The number of benzene rings is 2. The highest BCUT2D eigenvalue weighted by Crippen LogP contribution is 2.13. The van der Waals surface area contributed by atoms with Gasteiger partial charge in [0, 0.05) is 19.5 Å². The molecule has 2 aromatic rings. The Bertz CT molecular complexity index is 1700. The van der Waals surface area contributed by atoms with Crippen molar-refractivity contribution in [1.29, 1.82) is 0 Å². The first-order valence-corrected chi connectivity index (χ1v) is 18.0. The normalized spacial score (nSPS) is 13.9. The van der Waals surface area contributed by atoms with Crippen molar-refractivity contribution in [2.45, 2.75) is 81.7 Å². The number of carbonyl (C=O) groups is 6. The molecule has 0 aliphatic rings. The van der Waals surface area contributed by atoms with Crippen molar-refractivity contribution < 1.29 is 44.1 Å². The maximum absolute atomic E-state index is 13.8. The number of phenolic OH excluding ortho intramolecular Hbond substituents is 1. The Morgan fingerprint density at radius 2 is 1.09 bits per heavy atom. The molecule has 6 unspecified atom stereocenters. The lowest BCUT2D eigenvalue weighted by molar-refractivity contribution is -0.142. The van der Waals surface area contributed by atoms with Gasteiger partial charge in [-0.1, -0.05) is 42.5 Å². The van der Waals surface area contributed by atoms with Gasteiger partial charge in [0.15, 0.2) is 11.9 Å². The van der Waals surface area contributed by atoms with E-state index >= 15 is 0 Å². The quantitative estimate of drug-likeness (QED) is 0.0275. The van der Waals surface area contributed by atoms with Crippen molar-refractivity contribution in [3.63, 3.8) is 0 Å². The number of aromatic hydroxyl groups is 1. The van der Waals surface area contributed by atoms with Crippen molar-refractivity contribution in [1.82, 2.24) is 26.6 Å². The highest BCUT2D eigenvalue weighted by atomic mass is 16.4. The Labute approximate surface area is 329 Å². The molecule has 0 saturated carbocycles. The van der Waals surface area contributed by atoms with E-state index in [4.69, 9.17) is 28.7 Å². The number of hydrogen-bond donors (Lipinski definition) is 13. The van der Waals surface area contributed by atoms with Crippen molar-refractivity contribution in [2.24, 2.45) is 38.7 Å². The number of nitrogens with one attached hydrogen (secondary N) is 5. The zero-order chi connectivity index (χ0) is 42.5. The number of aliphatic hydroxyl groups excluding tert-OH is 1. The Hall–Kier alpha value is -6.48. The lowest BCUT2D eigenvalue weighted by atomic mass is 10.0. The summed E-state index contributed by atoms with van der Waals surface area (Å²) < 4.78 is 0. The molecule has 2 aromatic carbocycles. The summed E-state index contributed by atoms with van der Waals surface area (Å²) in [4.78, 5) is 86.2. The zero-order valence-electron chi connectivity index (χ0n) is 31.6. The average Bonchev–Trinajstić information content (AvgIpc) is 3.16. The second-order valence-corrected chi connectivity index (χ2v) is 13.1. The predicted octanol–water partition coefficient (Wildman–Crippen LogP) is -3.87. The highest BCUT2D eigenvalue weighted by molar-refractivity contribution is 5.96. The third-order valence-electron chi connectivity index (χ3n) is 8.35. The number of hydrogen-bond acceptors (Lipinski definition) is 11. The minimum atomic E-state index is -1.51. The van der Waals surface area contributed by atoms with Gasteiger partial charge in [-0.05, 0) is 62.3 Å². The van der Waals surface area contributed by atoms with Gasteiger partial charge in [0.05, 0.1) is 12.6 Å². The van der Waals surface area contributed by atoms with E-state index in [1.807, 2.05) is 0 Å². The number of rotatable bonds is 24. The average molecular weight is 799 g/mol. The first-order chi connectivity index (χ1) is 27.0. The highest BCUT2D eigenvalue weighted by Gasteiger charge is 2.32. The van der Waals surface area contributed by atoms with Gasteiger partial charge < -0.3 is 70.6 Å². The first kappa shape index (κ1) is 46.7. The third kappa shape index (κ3) is 17.7. The van der Waals surface area contributed by atoms with Crippen LogP contribution in [0, 0.1) is 0 Å². The topological polar surface area (TPSA) is 378 Å². The molecule has 21 nitrogen and oxygen atoms in total. The number of carboxylic acids is 1. The number of aliphatic hydroxyl groups is 1. The molecule has 0 saturated heterocycles. The van der Waals surface area contributed by atoms with Crippen LogP contribution in [-0.4, -0.2) is 119 Å². The van der Waals surface area contributed by atoms with Gasteiger partial charge in [-0.15, -0.1) is 0 Å². The van der Waals surface area contributed by atoms with Crippen LogP contribution in [0.25, 0.3) is 0 Å². The van der Waals surface area contributed by atoms with Crippen LogP contribution in [0.2, 0.25) is 0 Å². The molecule has 0 aliphatic heterocycles. The Kier molecular flexibility index (Phi) is 19.8.